The summed E-state index contributed by atoms with van der Waals surface area (Å²) < 4.78 is 13.6. The van der Waals surface area contributed by atoms with Crippen LogP contribution in [-0.4, -0.2) is 43.3 Å². The molecule has 1 aromatic heterocycles. The van der Waals surface area contributed by atoms with Gasteiger partial charge >= 0.3 is 11.8 Å². The predicted molar refractivity (Wildman–Crippen MR) is 102 cm³/mol. The van der Waals surface area contributed by atoms with Crippen molar-refractivity contribution in [3.63, 3.8) is 0 Å². The van der Waals surface area contributed by atoms with Crippen LogP contribution in [0.25, 0.3) is 0 Å². The summed E-state index contributed by atoms with van der Waals surface area (Å²) in [6.07, 6.45) is 1.71. The van der Waals surface area contributed by atoms with Gasteiger partial charge in [0.05, 0.1) is 22.4 Å². The van der Waals surface area contributed by atoms with Gasteiger partial charge in [-0.25, -0.2) is 14.2 Å². The van der Waals surface area contributed by atoms with Crippen LogP contribution in [0.5, 0.6) is 0 Å². The molecule has 1 amide bonds. The first-order chi connectivity index (χ1) is 13.8. The molecule has 0 bridgehead atoms. The number of nitrogens with one attached hydrogen (secondary N) is 3. The first-order valence-electron chi connectivity index (χ1n) is 8.84. The summed E-state index contributed by atoms with van der Waals surface area (Å²) in [5.74, 6) is -0.713. The van der Waals surface area contributed by atoms with Gasteiger partial charge in [-0.15, -0.1) is 0 Å². The number of halogens is 1. The van der Waals surface area contributed by atoms with E-state index >= 15 is 0 Å². The molecule has 1 heterocycles. The van der Waals surface area contributed by atoms with Crippen molar-refractivity contribution in [3.8, 4) is 0 Å². The maximum absolute atomic E-state index is 13.6. The monoisotopic (exact) mass is 406 g/mol. The number of hydrogen-bond donors (Lipinski definition) is 5. The Kier molecular flexibility index (Phi) is 6.02. The lowest BCUT2D eigenvalue weighted by Crippen LogP contribution is -2.29. The zero-order chi connectivity index (χ0) is 21.0. The van der Waals surface area contributed by atoms with Gasteiger partial charge in [0, 0.05) is 6.04 Å². The molecule has 0 radical (unpaired) electrons. The number of aliphatic hydroxyl groups excluding tert-OH is 1. The highest BCUT2D eigenvalue weighted by Gasteiger charge is 2.24. The van der Waals surface area contributed by atoms with Crippen LogP contribution in [0.3, 0.4) is 0 Å². The highest BCUT2D eigenvalue weighted by Crippen LogP contribution is 2.30. The molecular weight excluding hydrogens is 387 g/mol. The first-order valence-corrected chi connectivity index (χ1v) is 8.84. The largest absolute Gasteiger partial charge is 0.465 e. The minimum Gasteiger partial charge on any atom is -0.465 e. The number of anilines is 4. The summed E-state index contributed by atoms with van der Waals surface area (Å²) in [6, 6.07) is 3.26. The van der Waals surface area contributed by atoms with E-state index in [9.17, 15) is 24.4 Å². The molecule has 3 rings (SSSR count). The van der Waals surface area contributed by atoms with Crippen molar-refractivity contribution in [2.24, 2.45) is 0 Å². The third kappa shape index (κ3) is 5.25. The van der Waals surface area contributed by atoms with Crippen LogP contribution in [0.1, 0.15) is 25.7 Å². The molecule has 0 atom stereocenters. The third-order valence-electron chi connectivity index (χ3n) is 4.47. The van der Waals surface area contributed by atoms with Gasteiger partial charge in [-0.2, -0.15) is 4.98 Å². The quantitative estimate of drug-likeness (QED) is 0.358. The molecule has 0 spiro atoms. The molecular formula is C17H19FN6O5. The topological polar surface area (TPSA) is 163 Å². The minimum absolute atomic E-state index is 0.0157. The van der Waals surface area contributed by atoms with Gasteiger partial charge < -0.3 is 20.8 Å². The van der Waals surface area contributed by atoms with Crippen LogP contribution in [0.4, 0.5) is 38.0 Å². The van der Waals surface area contributed by atoms with E-state index in [1.807, 2.05) is 0 Å². The van der Waals surface area contributed by atoms with E-state index in [-0.39, 0.29) is 41.0 Å². The second-order valence-corrected chi connectivity index (χ2v) is 6.58. The van der Waals surface area contributed by atoms with E-state index < -0.39 is 16.8 Å². The SMILES string of the molecule is O=C(O)Nc1ccc(F)cc1Nc1ncc([N+](=O)[O-])c(N[C@H]2CC[C@H](O)CC2)n1. The maximum atomic E-state index is 13.6. The number of amides is 1. The molecule has 0 aliphatic heterocycles. The Balaban J connectivity index is 1.86. The molecule has 5 N–H and O–H groups in total. The Hall–Kier alpha value is -3.54. The van der Waals surface area contributed by atoms with E-state index in [4.69, 9.17) is 5.11 Å². The Morgan fingerprint density at radius 3 is 2.62 bits per heavy atom. The van der Waals surface area contributed by atoms with Crippen molar-refractivity contribution in [2.75, 3.05) is 16.0 Å². The fourth-order valence-electron chi connectivity index (χ4n) is 3.05. The van der Waals surface area contributed by atoms with Crippen LogP contribution < -0.4 is 16.0 Å². The number of nitrogens with zero attached hydrogens (tertiary/aromatic N) is 3. The highest BCUT2D eigenvalue weighted by molar-refractivity contribution is 5.89. The molecule has 154 valence electrons. The number of hydrogen-bond acceptors (Lipinski definition) is 8. The molecule has 29 heavy (non-hydrogen) atoms. The number of carboxylic acid groups (broad SMARTS) is 1. The molecule has 2 aromatic rings. The average molecular weight is 406 g/mol. The van der Waals surface area contributed by atoms with Gasteiger partial charge in [0.15, 0.2) is 0 Å². The van der Waals surface area contributed by atoms with Gasteiger partial charge in [-0.05, 0) is 43.9 Å². The summed E-state index contributed by atoms with van der Waals surface area (Å²) in [5, 5.41) is 37.6. The summed E-state index contributed by atoms with van der Waals surface area (Å²) >= 11 is 0. The molecule has 11 nitrogen and oxygen atoms in total. The van der Waals surface area contributed by atoms with E-state index in [1.54, 1.807) is 0 Å². The highest BCUT2D eigenvalue weighted by atomic mass is 19.1. The van der Waals surface area contributed by atoms with Crippen molar-refractivity contribution in [2.45, 2.75) is 37.8 Å². The zero-order valence-corrected chi connectivity index (χ0v) is 15.1. The van der Waals surface area contributed by atoms with Crippen molar-refractivity contribution in [3.05, 3.63) is 40.3 Å². The van der Waals surface area contributed by atoms with Gasteiger partial charge in [-0.3, -0.25) is 15.4 Å². The normalized spacial score (nSPS) is 18.7. The molecule has 1 saturated carbocycles. The number of rotatable bonds is 6. The van der Waals surface area contributed by atoms with Gasteiger partial charge in [-0.1, -0.05) is 0 Å². The third-order valence-corrected chi connectivity index (χ3v) is 4.47. The van der Waals surface area contributed by atoms with Crippen molar-refractivity contribution in [1.82, 2.24) is 9.97 Å². The number of aliphatic hydroxyl groups is 1. The van der Waals surface area contributed by atoms with E-state index in [0.29, 0.717) is 25.7 Å². The van der Waals surface area contributed by atoms with E-state index in [1.165, 1.54) is 6.07 Å². The van der Waals surface area contributed by atoms with Crippen molar-refractivity contribution < 1.29 is 24.3 Å². The zero-order valence-electron chi connectivity index (χ0n) is 15.1. The Bertz CT molecular complexity index is 919. The second kappa shape index (κ2) is 8.65. The molecule has 0 unspecified atom stereocenters. The molecule has 1 fully saturated rings. The van der Waals surface area contributed by atoms with Crippen LogP contribution in [0.2, 0.25) is 0 Å². The van der Waals surface area contributed by atoms with Gasteiger partial charge in [0.25, 0.3) is 0 Å². The van der Waals surface area contributed by atoms with Crippen LogP contribution in [0, 0.1) is 15.9 Å². The molecule has 1 aliphatic rings. The Morgan fingerprint density at radius 2 is 1.97 bits per heavy atom. The second-order valence-electron chi connectivity index (χ2n) is 6.58. The van der Waals surface area contributed by atoms with E-state index in [0.717, 1.165) is 18.3 Å². The number of nitro groups is 1. The summed E-state index contributed by atoms with van der Waals surface area (Å²) in [4.78, 5) is 29.6. The number of benzene rings is 1. The summed E-state index contributed by atoms with van der Waals surface area (Å²) in [6.45, 7) is 0. The lowest BCUT2D eigenvalue weighted by atomic mass is 9.93. The Labute approximate surface area is 164 Å². The standard InChI is InChI=1S/C17H19FN6O5/c18-9-1-6-12(22-17(26)27)13(7-9)21-16-19-8-14(24(28)29)15(23-16)20-10-2-4-11(25)5-3-10/h1,6-8,10-11,22,25H,2-5H2,(H,26,27)(H2,19,20,21,23)/t10-,11-. The van der Waals surface area contributed by atoms with E-state index in [2.05, 4.69) is 25.9 Å². The fraction of sp³-hybridized carbons (Fsp3) is 0.353. The number of aromatic nitrogens is 2. The smallest absolute Gasteiger partial charge is 0.409 e. The maximum Gasteiger partial charge on any atom is 0.409 e. The summed E-state index contributed by atoms with van der Waals surface area (Å²) in [5.41, 5.74) is -0.213. The first kappa shape index (κ1) is 20.2. The van der Waals surface area contributed by atoms with Gasteiger partial charge in [0.2, 0.25) is 11.8 Å². The van der Waals surface area contributed by atoms with Crippen LogP contribution in [-0.2, 0) is 0 Å². The average Bonchev–Trinajstić information content (AvgIpc) is 2.65. The lowest BCUT2D eigenvalue weighted by Gasteiger charge is -2.26. The van der Waals surface area contributed by atoms with Crippen LogP contribution in [0.15, 0.2) is 24.4 Å². The van der Waals surface area contributed by atoms with Crippen molar-refractivity contribution >= 4 is 34.9 Å². The van der Waals surface area contributed by atoms with Crippen LogP contribution >= 0.6 is 0 Å². The minimum atomic E-state index is -1.34. The predicted octanol–water partition coefficient (Wildman–Crippen LogP) is 3.07. The molecule has 1 aliphatic carbocycles. The number of carbonyl (C=O) groups is 1. The molecule has 12 heteroatoms. The fourth-order valence-corrected chi connectivity index (χ4v) is 3.05. The molecule has 0 saturated heterocycles. The lowest BCUT2D eigenvalue weighted by molar-refractivity contribution is -0.384. The Morgan fingerprint density at radius 1 is 1.24 bits per heavy atom. The summed E-state index contributed by atoms with van der Waals surface area (Å²) in [7, 11) is 0. The van der Waals surface area contributed by atoms with Crippen molar-refractivity contribution in [1.29, 1.82) is 0 Å². The van der Waals surface area contributed by atoms with Gasteiger partial charge in [0.1, 0.15) is 12.0 Å². The molecule has 1 aromatic carbocycles.